The minimum absolute atomic E-state index is 0.213. The Labute approximate surface area is 95.2 Å². The van der Waals surface area contributed by atoms with Gasteiger partial charge in [0.15, 0.2) is 0 Å². The third kappa shape index (κ3) is 5.16. The Morgan fingerprint density at radius 1 is 1.25 bits per heavy atom. The summed E-state index contributed by atoms with van der Waals surface area (Å²) >= 11 is 0. The van der Waals surface area contributed by atoms with E-state index < -0.39 is 12.6 Å². The van der Waals surface area contributed by atoms with Gasteiger partial charge >= 0.3 is 6.18 Å². The van der Waals surface area contributed by atoms with Gasteiger partial charge in [0.1, 0.15) is 0 Å². The van der Waals surface area contributed by atoms with Crippen LogP contribution in [0.25, 0.3) is 0 Å². The fourth-order valence-corrected chi connectivity index (χ4v) is 2.46. The molecule has 2 nitrogen and oxygen atoms in total. The van der Waals surface area contributed by atoms with Crippen LogP contribution in [0.3, 0.4) is 0 Å². The lowest BCUT2D eigenvalue weighted by molar-refractivity contribution is -0.150. The van der Waals surface area contributed by atoms with E-state index in [4.69, 9.17) is 0 Å². The third-order valence-electron chi connectivity index (χ3n) is 3.14. The van der Waals surface area contributed by atoms with Crippen LogP contribution in [-0.4, -0.2) is 44.8 Å². The largest absolute Gasteiger partial charge is 0.389 e. The highest BCUT2D eigenvalue weighted by atomic mass is 19.4. The van der Waals surface area contributed by atoms with Crippen LogP contribution in [0.15, 0.2) is 0 Å². The van der Waals surface area contributed by atoms with Crippen LogP contribution in [0.2, 0.25) is 0 Å². The van der Waals surface area contributed by atoms with E-state index in [0.717, 1.165) is 25.9 Å². The Morgan fingerprint density at radius 2 is 1.81 bits per heavy atom. The summed E-state index contributed by atoms with van der Waals surface area (Å²) in [4.78, 5) is 1.86. The molecule has 1 aliphatic rings. The molecule has 0 radical (unpaired) electrons. The molecule has 96 valence electrons. The smallest absolute Gasteiger partial charge is 0.317 e. The number of alkyl halides is 3. The number of piperidine rings is 1. The van der Waals surface area contributed by atoms with Gasteiger partial charge in [0, 0.05) is 13.0 Å². The molecule has 1 atom stereocenters. The minimum atomic E-state index is -4.04. The maximum absolute atomic E-state index is 12.5. The zero-order valence-corrected chi connectivity index (χ0v) is 9.98. The number of rotatable bonds is 4. The van der Waals surface area contributed by atoms with E-state index in [1.54, 1.807) is 0 Å². The minimum Gasteiger partial charge on any atom is -0.317 e. The Bertz CT molecular complexity index is 198. The maximum atomic E-state index is 12.5. The Hall–Kier alpha value is -0.290. The number of hydrogen-bond donors (Lipinski definition) is 1. The molecule has 0 bridgehead atoms. The van der Waals surface area contributed by atoms with E-state index in [9.17, 15) is 13.2 Å². The Kier molecular flexibility index (Phi) is 5.05. The second-order valence-electron chi connectivity index (χ2n) is 4.93. The van der Waals surface area contributed by atoms with Crippen molar-refractivity contribution in [2.75, 3.05) is 33.7 Å². The molecule has 5 heteroatoms. The van der Waals surface area contributed by atoms with Gasteiger partial charge < -0.3 is 10.2 Å². The topological polar surface area (TPSA) is 15.3 Å². The number of halogens is 3. The first-order chi connectivity index (χ1) is 7.38. The molecule has 0 aromatic carbocycles. The summed E-state index contributed by atoms with van der Waals surface area (Å²) in [5, 5.41) is 3.19. The highest BCUT2D eigenvalue weighted by molar-refractivity contribution is 4.79. The summed E-state index contributed by atoms with van der Waals surface area (Å²) in [5.74, 6) is -0.0395. The van der Waals surface area contributed by atoms with Crippen molar-refractivity contribution < 1.29 is 13.2 Å². The van der Waals surface area contributed by atoms with Crippen molar-refractivity contribution >= 4 is 0 Å². The molecule has 1 unspecified atom stereocenters. The van der Waals surface area contributed by atoms with Crippen LogP contribution in [0.1, 0.15) is 19.3 Å². The second-order valence-corrected chi connectivity index (χ2v) is 4.93. The van der Waals surface area contributed by atoms with Gasteiger partial charge in [-0.25, -0.2) is 0 Å². The van der Waals surface area contributed by atoms with Gasteiger partial charge in [0.25, 0.3) is 0 Å². The first-order valence-corrected chi connectivity index (χ1v) is 5.80. The molecular formula is C11H21F3N2. The van der Waals surface area contributed by atoms with Crippen LogP contribution < -0.4 is 5.32 Å². The summed E-state index contributed by atoms with van der Waals surface area (Å²) in [6, 6.07) is 0. The van der Waals surface area contributed by atoms with Gasteiger partial charge in [-0.1, -0.05) is 0 Å². The molecule has 0 aromatic heterocycles. The fraction of sp³-hybridized carbons (Fsp3) is 1.00. The van der Waals surface area contributed by atoms with E-state index >= 15 is 0 Å². The van der Waals surface area contributed by atoms with Crippen molar-refractivity contribution in [1.29, 1.82) is 0 Å². The van der Waals surface area contributed by atoms with Crippen LogP contribution >= 0.6 is 0 Å². The average molecular weight is 238 g/mol. The summed E-state index contributed by atoms with van der Waals surface area (Å²) < 4.78 is 37.4. The monoisotopic (exact) mass is 238 g/mol. The predicted octanol–water partition coefficient (Wildman–Crippen LogP) is 2.12. The highest BCUT2D eigenvalue weighted by Gasteiger charge is 2.36. The number of nitrogens with zero attached hydrogens (tertiary/aromatic N) is 1. The van der Waals surface area contributed by atoms with Gasteiger partial charge in [0.2, 0.25) is 0 Å². The molecule has 1 aliphatic heterocycles. The molecule has 0 aliphatic carbocycles. The molecule has 1 heterocycles. The second kappa shape index (κ2) is 5.87. The first-order valence-electron chi connectivity index (χ1n) is 5.80. The van der Waals surface area contributed by atoms with Crippen molar-refractivity contribution in [3.05, 3.63) is 0 Å². The summed E-state index contributed by atoms with van der Waals surface area (Å²) in [5.41, 5.74) is 0. The van der Waals surface area contributed by atoms with Crippen LogP contribution in [-0.2, 0) is 0 Å². The molecule has 1 rings (SSSR count). The van der Waals surface area contributed by atoms with E-state index in [1.807, 2.05) is 19.0 Å². The summed E-state index contributed by atoms with van der Waals surface area (Å²) in [6.07, 6.45) is -2.94. The fourth-order valence-electron chi connectivity index (χ4n) is 2.46. The lowest BCUT2D eigenvalue weighted by atomic mass is 9.82. The zero-order valence-electron chi connectivity index (χ0n) is 9.98. The molecule has 1 N–H and O–H groups in total. The average Bonchev–Trinajstić information content (AvgIpc) is 2.15. The number of nitrogens with one attached hydrogen (secondary N) is 1. The van der Waals surface area contributed by atoms with E-state index in [2.05, 4.69) is 5.32 Å². The summed E-state index contributed by atoms with van der Waals surface area (Å²) in [6.45, 7) is 2.24. The number of hydrogen-bond acceptors (Lipinski definition) is 2. The van der Waals surface area contributed by atoms with Crippen molar-refractivity contribution in [3.8, 4) is 0 Å². The van der Waals surface area contributed by atoms with Crippen molar-refractivity contribution in [1.82, 2.24) is 10.2 Å². The Balaban J connectivity index is 2.54. The van der Waals surface area contributed by atoms with E-state index in [0.29, 0.717) is 6.54 Å². The molecule has 0 amide bonds. The molecule has 1 fully saturated rings. The van der Waals surface area contributed by atoms with E-state index in [1.165, 1.54) is 0 Å². The van der Waals surface area contributed by atoms with Crippen molar-refractivity contribution in [2.24, 2.45) is 11.8 Å². The highest BCUT2D eigenvalue weighted by Crippen LogP contribution is 2.33. The third-order valence-corrected chi connectivity index (χ3v) is 3.14. The molecule has 16 heavy (non-hydrogen) atoms. The van der Waals surface area contributed by atoms with Gasteiger partial charge in [0.05, 0.1) is 0 Å². The van der Waals surface area contributed by atoms with Gasteiger partial charge in [-0.15, -0.1) is 0 Å². The quantitative estimate of drug-likeness (QED) is 0.807. The molecule has 0 saturated carbocycles. The lowest BCUT2D eigenvalue weighted by Crippen LogP contribution is -2.37. The normalized spacial score (nSPS) is 21.4. The molecular weight excluding hydrogens is 217 g/mol. The van der Waals surface area contributed by atoms with Gasteiger partial charge in [-0.05, 0) is 51.9 Å². The van der Waals surface area contributed by atoms with Crippen LogP contribution in [0.4, 0.5) is 13.2 Å². The first kappa shape index (κ1) is 13.8. The van der Waals surface area contributed by atoms with Crippen molar-refractivity contribution in [3.63, 3.8) is 0 Å². The lowest BCUT2D eigenvalue weighted by Gasteiger charge is -2.33. The SMILES string of the molecule is CN(C)CC(CC(F)(F)F)C1CCNCC1. The van der Waals surface area contributed by atoms with Crippen LogP contribution in [0, 0.1) is 11.8 Å². The molecule has 1 saturated heterocycles. The van der Waals surface area contributed by atoms with Crippen LogP contribution in [0.5, 0.6) is 0 Å². The maximum Gasteiger partial charge on any atom is 0.389 e. The molecule has 0 spiro atoms. The Morgan fingerprint density at radius 3 is 2.25 bits per heavy atom. The van der Waals surface area contributed by atoms with Gasteiger partial charge in [-0.2, -0.15) is 13.2 Å². The van der Waals surface area contributed by atoms with Gasteiger partial charge in [-0.3, -0.25) is 0 Å². The zero-order chi connectivity index (χ0) is 12.2. The predicted molar refractivity (Wildman–Crippen MR) is 58.3 cm³/mol. The van der Waals surface area contributed by atoms with Crippen molar-refractivity contribution in [2.45, 2.75) is 25.4 Å². The summed E-state index contributed by atoms with van der Waals surface area (Å²) in [7, 11) is 3.68. The molecule has 0 aromatic rings. The van der Waals surface area contributed by atoms with E-state index in [-0.39, 0.29) is 11.8 Å². The standard InChI is InChI=1S/C11H21F3N2/c1-16(2)8-10(7-11(12,13)14)9-3-5-15-6-4-9/h9-10,15H,3-8H2,1-2H3.